The van der Waals surface area contributed by atoms with Crippen LogP contribution in [0.5, 0.6) is 5.75 Å². The van der Waals surface area contributed by atoms with E-state index >= 15 is 0 Å². The molecule has 0 aliphatic heterocycles. The molecule has 1 amide bonds. The van der Waals surface area contributed by atoms with Crippen LogP contribution in [-0.2, 0) is 0 Å². The van der Waals surface area contributed by atoms with Gasteiger partial charge in [0.25, 0.3) is 5.91 Å². The predicted molar refractivity (Wildman–Crippen MR) is 77.0 cm³/mol. The van der Waals surface area contributed by atoms with E-state index in [0.717, 1.165) is 0 Å². The maximum Gasteiger partial charge on any atom is 0.336 e. The number of nitrogens with one attached hydrogen (secondary N) is 1. The summed E-state index contributed by atoms with van der Waals surface area (Å²) in [6.07, 6.45) is 0. The Hall–Kier alpha value is -2.34. The quantitative estimate of drug-likeness (QED) is 0.908. The van der Waals surface area contributed by atoms with Crippen LogP contribution in [-0.4, -0.2) is 24.1 Å². The fourth-order valence-electron chi connectivity index (χ4n) is 1.74. The molecule has 0 aliphatic rings. The number of thiophene rings is 1. The summed E-state index contributed by atoms with van der Waals surface area (Å²) in [6, 6.07) is 6.47. The van der Waals surface area contributed by atoms with E-state index in [1.165, 1.54) is 24.5 Å². The highest BCUT2D eigenvalue weighted by atomic mass is 32.1. The van der Waals surface area contributed by atoms with E-state index in [9.17, 15) is 9.59 Å². The highest BCUT2D eigenvalue weighted by Crippen LogP contribution is 2.25. The zero-order valence-corrected chi connectivity index (χ0v) is 11.8. The average Bonchev–Trinajstić information content (AvgIpc) is 2.89. The van der Waals surface area contributed by atoms with Gasteiger partial charge in [-0.25, -0.2) is 4.79 Å². The lowest BCUT2D eigenvalue weighted by molar-refractivity contribution is 0.0695. The molecule has 5 nitrogen and oxygen atoms in total. The van der Waals surface area contributed by atoms with Crippen molar-refractivity contribution >= 4 is 28.9 Å². The minimum atomic E-state index is -1.02. The number of aryl methyl sites for hydroxylation is 1. The number of carbonyl (C=O) groups excluding carboxylic acids is 1. The summed E-state index contributed by atoms with van der Waals surface area (Å²) in [5.41, 5.74) is 1.25. The molecule has 2 aromatic rings. The molecule has 0 unspecified atom stereocenters. The van der Waals surface area contributed by atoms with Gasteiger partial charge in [0.15, 0.2) is 0 Å². The summed E-state index contributed by atoms with van der Waals surface area (Å²) in [5.74, 6) is -0.845. The lowest BCUT2D eigenvalue weighted by atomic mass is 10.1. The Morgan fingerprint density at radius 2 is 2.05 bits per heavy atom. The van der Waals surface area contributed by atoms with Gasteiger partial charge in [-0.1, -0.05) is 6.07 Å². The van der Waals surface area contributed by atoms with Crippen molar-refractivity contribution in [2.45, 2.75) is 6.92 Å². The summed E-state index contributed by atoms with van der Waals surface area (Å²) in [5, 5.41) is 13.5. The third-order valence-electron chi connectivity index (χ3n) is 2.78. The van der Waals surface area contributed by atoms with E-state index in [2.05, 4.69) is 5.32 Å². The molecule has 6 heteroatoms. The van der Waals surface area contributed by atoms with Gasteiger partial charge in [0, 0.05) is 5.69 Å². The first kappa shape index (κ1) is 14.1. The Morgan fingerprint density at radius 3 is 2.70 bits per heavy atom. The van der Waals surface area contributed by atoms with Crippen molar-refractivity contribution in [2.24, 2.45) is 0 Å². The normalized spacial score (nSPS) is 10.1. The van der Waals surface area contributed by atoms with E-state index in [1.807, 2.05) is 0 Å². The Labute approximate surface area is 119 Å². The van der Waals surface area contributed by atoms with Gasteiger partial charge in [-0.05, 0) is 36.1 Å². The number of ether oxygens (including phenoxy) is 1. The Kier molecular flexibility index (Phi) is 4.05. The fraction of sp³-hybridized carbons (Fsp3) is 0.143. The number of benzene rings is 1. The van der Waals surface area contributed by atoms with Gasteiger partial charge in [-0.15, -0.1) is 11.3 Å². The minimum absolute atomic E-state index is 0.168. The van der Waals surface area contributed by atoms with Crippen LogP contribution in [0.15, 0.2) is 29.6 Å². The van der Waals surface area contributed by atoms with Crippen molar-refractivity contribution in [3.63, 3.8) is 0 Å². The Bertz CT molecular complexity index is 663. The molecular weight excluding hydrogens is 278 g/mol. The number of carboxylic acids is 1. The number of anilines is 1. The highest BCUT2D eigenvalue weighted by molar-refractivity contribution is 7.12. The molecule has 1 heterocycles. The van der Waals surface area contributed by atoms with E-state index in [-0.39, 0.29) is 11.5 Å². The molecule has 1 aromatic heterocycles. The van der Waals surface area contributed by atoms with Crippen molar-refractivity contribution in [2.75, 3.05) is 12.4 Å². The summed E-state index contributed by atoms with van der Waals surface area (Å²) < 4.78 is 5.08. The van der Waals surface area contributed by atoms with Gasteiger partial charge in [-0.2, -0.15) is 0 Å². The second-order valence-corrected chi connectivity index (χ2v) is 5.02. The SMILES string of the molecule is COc1ccsc1C(=O)Nc1ccc(C)c(C(=O)O)c1. The molecule has 0 aliphatic carbocycles. The zero-order valence-electron chi connectivity index (χ0n) is 11.0. The fourth-order valence-corrected chi connectivity index (χ4v) is 2.50. The van der Waals surface area contributed by atoms with E-state index in [1.54, 1.807) is 30.5 Å². The highest BCUT2D eigenvalue weighted by Gasteiger charge is 2.15. The van der Waals surface area contributed by atoms with Gasteiger partial charge in [0.1, 0.15) is 10.6 Å². The molecule has 0 atom stereocenters. The summed E-state index contributed by atoms with van der Waals surface area (Å²) in [4.78, 5) is 23.6. The molecule has 2 rings (SSSR count). The van der Waals surface area contributed by atoms with Crippen LogP contribution in [0.25, 0.3) is 0 Å². The first-order valence-electron chi connectivity index (χ1n) is 5.79. The minimum Gasteiger partial charge on any atom is -0.495 e. The Morgan fingerprint density at radius 1 is 1.30 bits per heavy atom. The molecule has 104 valence electrons. The standard InChI is InChI=1S/C14H13NO4S/c1-8-3-4-9(7-10(8)14(17)18)15-13(16)12-11(19-2)5-6-20-12/h3-7H,1-2H3,(H,15,16)(H,17,18). The van der Waals surface area contributed by atoms with Crippen LogP contribution < -0.4 is 10.1 Å². The molecule has 20 heavy (non-hydrogen) atoms. The van der Waals surface area contributed by atoms with E-state index < -0.39 is 5.97 Å². The number of aromatic carboxylic acids is 1. The predicted octanol–water partition coefficient (Wildman–Crippen LogP) is 3.02. The molecule has 0 spiro atoms. The number of hydrogen-bond acceptors (Lipinski definition) is 4. The van der Waals surface area contributed by atoms with Crippen molar-refractivity contribution in [3.05, 3.63) is 45.6 Å². The van der Waals surface area contributed by atoms with Crippen LogP contribution in [0, 0.1) is 6.92 Å². The molecule has 0 radical (unpaired) electrons. The van der Waals surface area contributed by atoms with Crippen molar-refractivity contribution < 1.29 is 19.4 Å². The summed E-state index contributed by atoms with van der Waals surface area (Å²) in [6.45, 7) is 1.71. The van der Waals surface area contributed by atoms with Gasteiger partial charge in [0.05, 0.1) is 12.7 Å². The number of methoxy groups -OCH3 is 1. The number of rotatable bonds is 4. The maximum absolute atomic E-state index is 12.1. The smallest absolute Gasteiger partial charge is 0.336 e. The molecule has 0 fully saturated rings. The zero-order chi connectivity index (χ0) is 14.7. The maximum atomic E-state index is 12.1. The Balaban J connectivity index is 2.24. The third-order valence-corrected chi connectivity index (χ3v) is 3.68. The third kappa shape index (κ3) is 2.80. The number of carbonyl (C=O) groups is 2. The molecule has 0 bridgehead atoms. The number of amides is 1. The molecule has 1 aromatic carbocycles. The second-order valence-electron chi connectivity index (χ2n) is 4.11. The van der Waals surface area contributed by atoms with Gasteiger partial charge in [0.2, 0.25) is 0 Å². The van der Waals surface area contributed by atoms with Crippen molar-refractivity contribution in [1.29, 1.82) is 0 Å². The van der Waals surface area contributed by atoms with Gasteiger partial charge >= 0.3 is 5.97 Å². The monoisotopic (exact) mass is 291 g/mol. The van der Waals surface area contributed by atoms with Gasteiger partial charge < -0.3 is 15.2 Å². The van der Waals surface area contributed by atoms with Crippen molar-refractivity contribution in [1.82, 2.24) is 0 Å². The topological polar surface area (TPSA) is 75.6 Å². The van der Waals surface area contributed by atoms with Crippen LogP contribution in [0.1, 0.15) is 25.6 Å². The molecular formula is C14H13NO4S. The average molecular weight is 291 g/mol. The van der Waals surface area contributed by atoms with Gasteiger partial charge in [-0.3, -0.25) is 4.79 Å². The van der Waals surface area contributed by atoms with Crippen LogP contribution >= 0.6 is 11.3 Å². The van der Waals surface area contributed by atoms with E-state index in [0.29, 0.717) is 21.9 Å². The molecule has 0 saturated carbocycles. The summed E-state index contributed by atoms with van der Waals surface area (Å²) >= 11 is 1.26. The lowest BCUT2D eigenvalue weighted by Gasteiger charge is -2.08. The van der Waals surface area contributed by atoms with E-state index in [4.69, 9.17) is 9.84 Å². The summed E-state index contributed by atoms with van der Waals surface area (Å²) in [7, 11) is 1.49. The van der Waals surface area contributed by atoms with Crippen LogP contribution in [0.2, 0.25) is 0 Å². The first-order valence-corrected chi connectivity index (χ1v) is 6.67. The number of carboxylic acid groups (broad SMARTS) is 1. The second kappa shape index (κ2) is 5.75. The molecule has 2 N–H and O–H groups in total. The largest absolute Gasteiger partial charge is 0.495 e. The first-order chi connectivity index (χ1) is 9.52. The number of hydrogen-bond donors (Lipinski definition) is 2. The van der Waals surface area contributed by atoms with Crippen LogP contribution in [0.3, 0.4) is 0 Å². The molecule has 0 saturated heterocycles. The van der Waals surface area contributed by atoms with Crippen LogP contribution in [0.4, 0.5) is 5.69 Å². The lowest BCUT2D eigenvalue weighted by Crippen LogP contribution is -2.12. The van der Waals surface area contributed by atoms with Crippen molar-refractivity contribution in [3.8, 4) is 5.75 Å².